The third kappa shape index (κ3) is 4.63. The molecule has 1 amide bonds. The van der Waals surface area contributed by atoms with E-state index in [-0.39, 0.29) is 5.91 Å². The number of carbonyl (C=O) groups excluding carboxylic acids is 1. The van der Waals surface area contributed by atoms with Crippen LogP contribution in [-0.2, 0) is 11.2 Å². The van der Waals surface area contributed by atoms with E-state index in [1.165, 1.54) is 0 Å². The minimum atomic E-state index is 0.0132. The Morgan fingerprint density at radius 1 is 1.26 bits per heavy atom. The summed E-state index contributed by atoms with van der Waals surface area (Å²) >= 11 is 1.59. The van der Waals surface area contributed by atoms with E-state index < -0.39 is 0 Å². The summed E-state index contributed by atoms with van der Waals surface area (Å²) in [6.45, 7) is 0.937. The van der Waals surface area contributed by atoms with Crippen molar-refractivity contribution >= 4 is 22.9 Å². The van der Waals surface area contributed by atoms with Crippen LogP contribution in [0.1, 0.15) is 5.56 Å². The Bertz CT molecular complexity index is 509. The maximum absolute atomic E-state index is 11.6. The lowest BCUT2D eigenvalue weighted by molar-refractivity contribution is -0.120. The highest BCUT2D eigenvalue weighted by atomic mass is 32.1. The van der Waals surface area contributed by atoms with Crippen LogP contribution in [0.3, 0.4) is 0 Å². The van der Waals surface area contributed by atoms with E-state index in [4.69, 9.17) is 10.5 Å². The van der Waals surface area contributed by atoms with Gasteiger partial charge < -0.3 is 15.8 Å². The first-order valence-electron chi connectivity index (χ1n) is 6.00. The molecule has 19 heavy (non-hydrogen) atoms. The molecule has 0 aliphatic rings. The van der Waals surface area contributed by atoms with E-state index in [9.17, 15) is 4.79 Å². The zero-order valence-electron chi connectivity index (χ0n) is 10.5. The van der Waals surface area contributed by atoms with Crippen molar-refractivity contribution < 1.29 is 9.53 Å². The van der Waals surface area contributed by atoms with Gasteiger partial charge in [0.2, 0.25) is 5.91 Å². The van der Waals surface area contributed by atoms with E-state index >= 15 is 0 Å². The molecule has 100 valence electrons. The number of carbonyl (C=O) groups is 1. The lowest BCUT2D eigenvalue weighted by Crippen LogP contribution is -2.29. The minimum absolute atomic E-state index is 0.0132. The number of nitrogens with two attached hydrogens (primary N) is 1. The number of anilines is 1. The molecule has 1 heterocycles. The molecule has 0 unspecified atom stereocenters. The summed E-state index contributed by atoms with van der Waals surface area (Å²) < 4.78 is 5.48. The molecule has 0 atom stereocenters. The lowest BCUT2D eigenvalue weighted by Gasteiger charge is -2.07. The fourth-order valence-electron chi connectivity index (χ4n) is 1.56. The number of hydrogen-bond donors (Lipinski definition) is 2. The Balaban J connectivity index is 1.64. The van der Waals surface area contributed by atoms with E-state index in [1.54, 1.807) is 23.5 Å². The summed E-state index contributed by atoms with van der Waals surface area (Å²) in [4.78, 5) is 11.6. The number of nitrogens with one attached hydrogen (secondary N) is 1. The molecule has 3 N–H and O–H groups in total. The molecular weight excluding hydrogens is 260 g/mol. The summed E-state index contributed by atoms with van der Waals surface area (Å²) in [6.07, 6.45) is 0.422. The van der Waals surface area contributed by atoms with Crippen molar-refractivity contribution in [3.05, 3.63) is 46.7 Å². The molecule has 0 saturated heterocycles. The highest BCUT2D eigenvalue weighted by Crippen LogP contribution is 2.12. The van der Waals surface area contributed by atoms with Gasteiger partial charge >= 0.3 is 0 Å². The average molecular weight is 276 g/mol. The highest BCUT2D eigenvalue weighted by molar-refractivity contribution is 7.07. The SMILES string of the molecule is Nc1ccc(OCCNC(=O)Cc2ccsc2)cc1. The Morgan fingerprint density at radius 3 is 2.74 bits per heavy atom. The first-order valence-corrected chi connectivity index (χ1v) is 6.94. The van der Waals surface area contributed by atoms with Gasteiger partial charge in [-0.05, 0) is 46.7 Å². The van der Waals surface area contributed by atoms with E-state index in [2.05, 4.69) is 5.32 Å². The molecule has 0 fully saturated rings. The van der Waals surface area contributed by atoms with Gasteiger partial charge in [-0.3, -0.25) is 4.79 Å². The molecule has 4 nitrogen and oxygen atoms in total. The second-order valence-corrected chi connectivity index (χ2v) is 4.86. The average Bonchev–Trinajstić information content (AvgIpc) is 2.89. The Hall–Kier alpha value is -2.01. The van der Waals surface area contributed by atoms with Gasteiger partial charge in [0.1, 0.15) is 12.4 Å². The fraction of sp³-hybridized carbons (Fsp3) is 0.214. The second kappa shape index (κ2) is 6.80. The van der Waals surface area contributed by atoms with Crippen molar-refractivity contribution in [2.75, 3.05) is 18.9 Å². The summed E-state index contributed by atoms with van der Waals surface area (Å²) in [5.41, 5.74) is 7.32. The molecule has 0 aliphatic carbocycles. The molecular formula is C14H16N2O2S. The number of ether oxygens (including phenoxy) is 1. The molecule has 1 aromatic heterocycles. The number of rotatable bonds is 6. The van der Waals surface area contributed by atoms with Gasteiger partial charge in [-0.2, -0.15) is 11.3 Å². The summed E-state index contributed by atoms with van der Waals surface area (Å²) in [7, 11) is 0. The van der Waals surface area contributed by atoms with Gasteiger partial charge in [0.05, 0.1) is 13.0 Å². The summed E-state index contributed by atoms with van der Waals surface area (Å²) in [6, 6.07) is 9.13. The molecule has 1 aromatic carbocycles. The first kappa shape index (κ1) is 13.4. The van der Waals surface area contributed by atoms with Crippen LogP contribution in [0.15, 0.2) is 41.1 Å². The van der Waals surface area contributed by atoms with Gasteiger partial charge in [0, 0.05) is 5.69 Å². The van der Waals surface area contributed by atoms with Gasteiger partial charge in [0.15, 0.2) is 0 Å². The van der Waals surface area contributed by atoms with Crippen LogP contribution in [0.2, 0.25) is 0 Å². The highest BCUT2D eigenvalue weighted by Gasteiger charge is 2.02. The van der Waals surface area contributed by atoms with Gasteiger partial charge in [-0.25, -0.2) is 0 Å². The van der Waals surface area contributed by atoms with Crippen molar-refractivity contribution in [1.29, 1.82) is 0 Å². The number of amides is 1. The first-order chi connectivity index (χ1) is 9.24. The van der Waals surface area contributed by atoms with Crippen LogP contribution < -0.4 is 15.8 Å². The number of nitrogen functional groups attached to an aromatic ring is 1. The number of benzene rings is 1. The van der Waals surface area contributed by atoms with Gasteiger partial charge in [-0.15, -0.1) is 0 Å². The van der Waals surface area contributed by atoms with Crippen LogP contribution in [0, 0.1) is 0 Å². The van der Waals surface area contributed by atoms with Gasteiger partial charge in [-0.1, -0.05) is 0 Å². The van der Waals surface area contributed by atoms with Crippen molar-refractivity contribution in [2.45, 2.75) is 6.42 Å². The third-order valence-electron chi connectivity index (χ3n) is 2.52. The van der Waals surface area contributed by atoms with Crippen molar-refractivity contribution in [2.24, 2.45) is 0 Å². The van der Waals surface area contributed by atoms with Crippen LogP contribution in [0.5, 0.6) is 5.75 Å². The van der Waals surface area contributed by atoms with Crippen molar-refractivity contribution in [1.82, 2.24) is 5.32 Å². The fourth-order valence-corrected chi connectivity index (χ4v) is 2.23. The number of hydrogen-bond acceptors (Lipinski definition) is 4. The predicted octanol–water partition coefficient (Wildman–Crippen LogP) is 2.07. The van der Waals surface area contributed by atoms with Gasteiger partial charge in [0.25, 0.3) is 0 Å². The summed E-state index contributed by atoms with van der Waals surface area (Å²) in [5, 5.41) is 6.76. The molecule has 0 radical (unpaired) electrons. The molecule has 2 aromatic rings. The Kier molecular flexibility index (Phi) is 4.80. The molecule has 2 rings (SSSR count). The van der Waals surface area contributed by atoms with E-state index in [0.29, 0.717) is 25.3 Å². The van der Waals surface area contributed by atoms with Crippen LogP contribution in [0.4, 0.5) is 5.69 Å². The second-order valence-electron chi connectivity index (χ2n) is 4.08. The predicted molar refractivity (Wildman–Crippen MR) is 77.4 cm³/mol. The maximum atomic E-state index is 11.6. The zero-order chi connectivity index (χ0) is 13.5. The maximum Gasteiger partial charge on any atom is 0.224 e. The van der Waals surface area contributed by atoms with Crippen LogP contribution in [-0.4, -0.2) is 19.1 Å². The largest absolute Gasteiger partial charge is 0.492 e. The lowest BCUT2D eigenvalue weighted by atomic mass is 10.2. The van der Waals surface area contributed by atoms with Crippen LogP contribution >= 0.6 is 11.3 Å². The minimum Gasteiger partial charge on any atom is -0.492 e. The summed E-state index contributed by atoms with van der Waals surface area (Å²) in [5.74, 6) is 0.764. The van der Waals surface area contributed by atoms with E-state index in [0.717, 1.165) is 11.3 Å². The zero-order valence-corrected chi connectivity index (χ0v) is 11.3. The van der Waals surface area contributed by atoms with Crippen molar-refractivity contribution in [3.8, 4) is 5.75 Å². The quantitative estimate of drug-likeness (QED) is 0.627. The van der Waals surface area contributed by atoms with Crippen LogP contribution in [0.25, 0.3) is 0 Å². The Labute approximate surface area is 116 Å². The molecule has 5 heteroatoms. The molecule has 0 aliphatic heterocycles. The monoisotopic (exact) mass is 276 g/mol. The smallest absolute Gasteiger partial charge is 0.224 e. The van der Waals surface area contributed by atoms with Crippen molar-refractivity contribution in [3.63, 3.8) is 0 Å². The normalized spacial score (nSPS) is 10.1. The molecule has 0 saturated carbocycles. The van der Waals surface area contributed by atoms with E-state index in [1.807, 2.05) is 29.0 Å². The number of thiophene rings is 1. The molecule has 0 bridgehead atoms. The topological polar surface area (TPSA) is 64.3 Å². The standard InChI is InChI=1S/C14H16N2O2S/c15-12-1-3-13(4-2-12)18-7-6-16-14(17)9-11-5-8-19-10-11/h1-5,8,10H,6-7,9,15H2,(H,16,17). The molecule has 0 spiro atoms. The third-order valence-corrected chi connectivity index (χ3v) is 3.25. The Morgan fingerprint density at radius 2 is 2.05 bits per heavy atom.